The fraction of sp³-hybridized carbons (Fsp3) is 0.0204. The number of benzene rings is 8. The molecule has 51 heavy (non-hydrogen) atoms. The molecule has 0 bridgehead atoms. The Balaban J connectivity index is 1.36. The number of anilines is 6. The summed E-state index contributed by atoms with van der Waals surface area (Å²) in [7, 11) is 0. The Hall–Kier alpha value is -6.64. The van der Waals surface area contributed by atoms with Gasteiger partial charge in [0.1, 0.15) is 0 Å². The van der Waals surface area contributed by atoms with Crippen LogP contribution in [0.25, 0.3) is 33.4 Å². The van der Waals surface area contributed by atoms with E-state index in [1.807, 2.05) is 0 Å². The molecule has 0 saturated heterocycles. The van der Waals surface area contributed by atoms with Crippen LogP contribution in [-0.2, 0) is 0 Å². The summed E-state index contributed by atoms with van der Waals surface area (Å²) in [4.78, 5) is 4.80. The molecule has 0 aliphatic rings. The molecule has 0 unspecified atom stereocenters. The van der Waals surface area contributed by atoms with Gasteiger partial charge in [0.25, 0.3) is 0 Å². The summed E-state index contributed by atoms with van der Waals surface area (Å²) in [6.45, 7) is 2.20. The van der Waals surface area contributed by atoms with E-state index in [0.717, 1.165) is 45.3 Å². The predicted octanol–water partition coefficient (Wildman–Crippen LogP) is 13.9. The zero-order valence-corrected chi connectivity index (χ0v) is 28.6. The molecular formula is C49H38N2. The molecule has 0 atom stereocenters. The average molecular weight is 655 g/mol. The van der Waals surface area contributed by atoms with Gasteiger partial charge in [-0.15, -0.1) is 0 Å². The van der Waals surface area contributed by atoms with Crippen molar-refractivity contribution in [3.8, 4) is 33.4 Å². The summed E-state index contributed by atoms with van der Waals surface area (Å²) in [5.41, 5.74) is 14.8. The second-order valence-electron chi connectivity index (χ2n) is 12.7. The van der Waals surface area contributed by atoms with Crippen molar-refractivity contribution in [1.29, 1.82) is 0 Å². The summed E-state index contributed by atoms with van der Waals surface area (Å²) >= 11 is 0. The minimum Gasteiger partial charge on any atom is -0.310 e. The van der Waals surface area contributed by atoms with Gasteiger partial charge in [-0.05, 0) is 101 Å². The van der Waals surface area contributed by atoms with Crippen molar-refractivity contribution in [1.82, 2.24) is 0 Å². The molecule has 0 saturated carbocycles. The van der Waals surface area contributed by atoms with E-state index < -0.39 is 0 Å². The SMILES string of the molecule is Cc1cc(N(c2ccccc2)c2ccc(-c3ccccc3)cc2)c(-c2ccccc2)c(N(c2ccccc2)c2ccc(-c3ccccc3)cc2)c1. The zero-order valence-electron chi connectivity index (χ0n) is 28.6. The number of hydrogen-bond acceptors (Lipinski definition) is 2. The molecule has 2 heteroatoms. The van der Waals surface area contributed by atoms with Crippen LogP contribution in [0.3, 0.4) is 0 Å². The van der Waals surface area contributed by atoms with Gasteiger partial charge >= 0.3 is 0 Å². The third-order valence-electron chi connectivity index (χ3n) is 9.28. The second-order valence-corrected chi connectivity index (χ2v) is 12.7. The highest BCUT2D eigenvalue weighted by atomic mass is 15.2. The fourth-order valence-electron chi connectivity index (χ4n) is 6.88. The van der Waals surface area contributed by atoms with Crippen LogP contribution >= 0.6 is 0 Å². The number of hydrogen-bond donors (Lipinski definition) is 0. The summed E-state index contributed by atoms with van der Waals surface area (Å²) in [6.07, 6.45) is 0. The first kappa shape index (κ1) is 31.6. The van der Waals surface area contributed by atoms with Gasteiger partial charge in [-0.2, -0.15) is 0 Å². The van der Waals surface area contributed by atoms with Crippen LogP contribution in [-0.4, -0.2) is 0 Å². The van der Waals surface area contributed by atoms with Gasteiger partial charge in [-0.3, -0.25) is 0 Å². The Morgan fingerprint density at radius 1 is 0.275 bits per heavy atom. The van der Waals surface area contributed by atoms with Crippen LogP contribution < -0.4 is 9.80 Å². The first-order valence-corrected chi connectivity index (χ1v) is 17.4. The van der Waals surface area contributed by atoms with Crippen LogP contribution in [0, 0.1) is 6.92 Å². The zero-order chi connectivity index (χ0) is 34.4. The van der Waals surface area contributed by atoms with Gasteiger partial charge in [0, 0.05) is 28.3 Å². The first-order valence-electron chi connectivity index (χ1n) is 17.4. The van der Waals surface area contributed by atoms with Crippen LogP contribution in [0.2, 0.25) is 0 Å². The molecule has 0 aliphatic carbocycles. The second kappa shape index (κ2) is 14.5. The molecule has 2 nitrogen and oxygen atoms in total. The Morgan fingerprint density at radius 2 is 0.549 bits per heavy atom. The highest BCUT2D eigenvalue weighted by Crippen LogP contribution is 2.49. The Morgan fingerprint density at radius 3 is 0.902 bits per heavy atom. The van der Waals surface area contributed by atoms with Gasteiger partial charge in [0.15, 0.2) is 0 Å². The lowest BCUT2D eigenvalue weighted by atomic mass is 9.95. The minimum atomic E-state index is 1.09. The molecule has 0 N–H and O–H groups in total. The summed E-state index contributed by atoms with van der Waals surface area (Å²) in [5.74, 6) is 0. The van der Waals surface area contributed by atoms with Gasteiger partial charge < -0.3 is 9.80 Å². The van der Waals surface area contributed by atoms with Crippen molar-refractivity contribution >= 4 is 34.1 Å². The minimum absolute atomic E-state index is 1.09. The summed E-state index contributed by atoms with van der Waals surface area (Å²) in [6, 6.07) is 75.8. The average Bonchev–Trinajstić information content (AvgIpc) is 3.20. The van der Waals surface area contributed by atoms with Gasteiger partial charge in [0.2, 0.25) is 0 Å². The maximum absolute atomic E-state index is 2.40. The molecule has 0 heterocycles. The highest BCUT2D eigenvalue weighted by molar-refractivity contribution is 5.99. The topological polar surface area (TPSA) is 6.48 Å². The van der Waals surface area contributed by atoms with E-state index in [4.69, 9.17) is 0 Å². The maximum Gasteiger partial charge on any atom is 0.0563 e. The molecule has 0 fully saturated rings. The van der Waals surface area contributed by atoms with Crippen molar-refractivity contribution < 1.29 is 0 Å². The largest absolute Gasteiger partial charge is 0.310 e. The van der Waals surface area contributed by atoms with E-state index in [2.05, 4.69) is 229 Å². The molecule has 8 aromatic carbocycles. The van der Waals surface area contributed by atoms with Crippen LogP contribution in [0.15, 0.2) is 212 Å². The number of para-hydroxylation sites is 2. The number of nitrogens with zero attached hydrogens (tertiary/aromatic N) is 2. The molecule has 0 radical (unpaired) electrons. The predicted molar refractivity (Wildman–Crippen MR) is 217 cm³/mol. The van der Waals surface area contributed by atoms with E-state index >= 15 is 0 Å². The number of rotatable bonds is 9. The van der Waals surface area contributed by atoms with Crippen LogP contribution in [0.5, 0.6) is 0 Å². The molecule has 8 aromatic rings. The lowest BCUT2D eigenvalue weighted by molar-refractivity contribution is 1.23. The maximum atomic E-state index is 2.40. The molecule has 8 rings (SSSR count). The van der Waals surface area contributed by atoms with Crippen molar-refractivity contribution in [2.45, 2.75) is 6.92 Å². The van der Waals surface area contributed by atoms with Crippen LogP contribution in [0.1, 0.15) is 5.56 Å². The highest BCUT2D eigenvalue weighted by Gasteiger charge is 2.25. The normalized spacial score (nSPS) is 10.8. The fourth-order valence-corrected chi connectivity index (χ4v) is 6.88. The van der Waals surface area contributed by atoms with E-state index in [1.165, 1.54) is 27.8 Å². The van der Waals surface area contributed by atoms with E-state index in [0.29, 0.717) is 0 Å². The lowest BCUT2D eigenvalue weighted by Crippen LogP contribution is -2.16. The molecule has 0 aromatic heterocycles. The summed E-state index contributed by atoms with van der Waals surface area (Å²) in [5, 5.41) is 0. The van der Waals surface area contributed by atoms with Gasteiger partial charge in [-0.1, -0.05) is 152 Å². The Labute approximate surface area is 301 Å². The molecule has 0 spiro atoms. The van der Waals surface area contributed by atoms with Crippen molar-refractivity contribution in [2.24, 2.45) is 0 Å². The number of aryl methyl sites for hydroxylation is 1. The van der Waals surface area contributed by atoms with E-state index in [1.54, 1.807) is 0 Å². The van der Waals surface area contributed by atoms with E-state index in [9.17, 15) is 0 Å². The standard InChI is InChI=1S/C49H38N2/c1-37-35-47(50(43-23-13-5-14-24-43)45-31-27-40(28-32-45)38-17-7-2-8-18-38)49(42-21-11-4-12-22-42)48(36-37)51(44-25-15-6-16-26-44)46-33-29-41(30-34-46)39-19-9-3-10-20-39/h2-36H,1H3. The van der Waals surface area contributed by atoms with Gasteiger partial charge in [0.05, 0.1) is 11.4 Å². The van der Waals surface area contributed by atoms with Crippen LogP contribution in [0.4, 0.5) is 34.1 Å². The third kappa shape index (κ3) is 6.68. The quantitative estimate of drug-likeness (QED) is 0.153. The van der Waals surface area contributed by atoms with Gasteiger partial charge in [-0.25, -0.2) is 0 Å². The third-order valence-corrected chi connectivity index (χ3v) is 9.28. The molecular weight excluding hydrogens is 617 g/mol. The Bertz CT molecular complexity index is 2170. The van der Waals surface area contributed by atoms with Crippen molar-refractivity contribution in [2.75, 3.05) is 9.80 Å². The van der Waals surface area contributed by atoms with E-state index in [-0.39, 0.29) is 0 Å². The van der Waals surface area contributed by atoms with Crippen molar-refractivity contribution in [3.63, 3.8) is 0 Å². The Kier molecular flexibility index (Phi) is 8.96. The molecule has 0 amide bonds. The smallest absolute Gasteiger partial charge is 0.0563 e. The molecule has 244 valence electrons. The lowest BCUT2D eigenvalue weighted by Gasteiger charge is -2.33. The molecule has 0 aliphatic heterocycles. The monoisotopic (exact) mass is 654 g/mol. The summed E-state index contributed by atoms with van der Waals surface area (Å²) < 4.78 is 0. The van der Waals surface area contributed by atoms with Crippen molar-refractivity contribution in [3.05, 3.63) is 218 Å². The first-order chi connectivity index (χ1) is 25.2.